The van der Waals surface area contributed by atoms with Crippen LogP contribution in [-0.4, -0.2) is 0 Å². The predicted molar refractivity (Wildman–Crippen MR) is 138 cm³/mol. The second-order valence-corrected chi connectivity index (χ2v) is 10.8. The molecular formula is C25H19I2OS+. The van der Waals surface area contributed by atoms with Crippen molar-refractivity contribution in [2.24, 2.45) is 0 Å². The van der Waals surface area contributed by atoms with E-state index < -0.39 is 0 Å². The molecule has 4 aromatic carbocycles. The molecule has 0 aliphatic rings. The lowest BCUT2D eigenvalue weighted by atomic mass is 10.2. The van der Waals surface area contributed by atoms with Gasteiger partial charge in [0.15, 0.2) is 14.7 Å². The monoisotopic (exact) mass is 621 g/mol. The first-order valence-electron chi connectivity index (χ1n) is 9.22. The molecule has 0 amide bonds. The quantitative estimate of drug-likeness (QED) is 0.160. The molecule has 0 aliphatic heterocycles. The number of benzene rings is 4. The Morgan fingerprint density at radius 2 is 1.14 bits per heavy atom. The summed E-state index contributed by atoms with van der Waals surface area (Å²) in [6.07, 6.45) is 0. The van der Waals surface area contributed by atoms with Gasteiger partial charge in [-0.2, -0.15) is 0 Å². The summed E-state index contributed by atoms with van der Waals surface area (Å²) < 4.78 is 8.56. The van der Waals surface area contributed by atoms with Gasteiger partial charge in [-0.15, -0.1) is 0 Å². The molecule has 4 aromatic rings. The van der Waals surface area contributed by atoms with E-state index in [1.807, 2.05) is 0 Å². The predicted octanol–water partition coefficient (Wildman–Crippen LogP) is 7.57. The molecule has 29 heavy (non-hydrogen) atoms. The molecule has 0 unspecified atom stereocenters. The van der Waals surface area contributed by atoms with E-state index in [1.54, 1.807) is 0 Å². The van der Waals surface area contributed by atoms with Gasteiger partial charge in [0.1, 0.15) is 12.4 Å². The molecule has 0 radical (unpaired) electrons. The van der Waals surface area contributed by atoms with Crippen LogP contribution in [0.15, 0.2) is 118 Å². The Hall–Kier alpha value is -1.51. The van der Waals surface area contributed by atoms with E-state index >= 15 is 0 Å². The summed E-state index contributed by atoms with van der Waals surface area (Å²) in [4.78, 5) is 3.93. The maximum Gasteiger partial charge on any atom is 0.166 e. The van der Waals surface area contributed by atoms with E-state index in [1.165, 1.54) is 27.4 Å². The zero-order chi connectivity index (χ0) is 20.1. The van der Waals surface area contributed by atoms with Crippen molar-refractivity contribution in [2.45, 2.75) is 21.3 Å². The minimum atomic E-state index is -0.126. The van der Waals surface area contributed by atoms with Gasteiger partial charge in [-0.3, -0.25) is 0 Å². The van der Waals surface area contributed by atoms with Crippen molar-refractivity contribution in [1.29, 1.82) is 0 Å². The van der Waals surface area contributed by atoms with Crippen LogP contribution in [0, 0.1) is 7.14 Å². The number of hydrogen-bond acceptors (Lipinski definition) is 1. The Kier molecular flexibility index (Phi) is 7.15. The molecule has 0 heterocycles. The van der Waals surface area contributed by atoms with E-state index in [2.05, 4.69) is 148 Å². The third-order valence-electron chi connectivity index (χ3n) is 4.41. The number of halogens is 2. The van der Waals surface area contributed by atoms with Crippen LogP contribution in [-0.2, 0) is 17.5 Å². The van der Waals surface area contributed by atoms with Gasteiger partial charge in [0.25, 0.3) is 0 Å². The molecule has 0 bridgehead atoms. The summed E-state index contributed by atoms with van der Waals surface area (Å²) in [7, 11) is -0.126. The second kappa shape index (κ2) is 10.00. The standard InChI is InChI=1S/C25H19I2OS/c26-24-16-11-19(17-25(24)27)18-28-20-12-14-23(15-13-20)29(21-7-3-1-4-8-21)22-9-5-2-6-10-22/h1-17H,18H2/q+1. The van der Waals surface area contributed by atoms with E-state index in [9.17, 15) is 0 Å². The summed E-state index contributed by atoms with van der Waals surface area (Å²) in [6, 6.07) is 36.4. The minimum absolute atomic E-state index is 0.126. The molecule has 144 valence electrons. The fraction of sp³-hybridized carbons (Fsp3) is 0.0400. The smallest absolute Gasteiger partial charge is 0.166 e. The first-order chi connectivity index (χ1) is 14.2. The molecule has 0 aromatic heterocycles. The summed E-state index contributed by atoms with van der Waals surface area (Å²) in [6.45, 7) is 0.579. The van der Waals surface area contributed by atoms with E-state index in [0.29, 0.717) is 6.61 Å². The molecule has 0 spiro atoms. The van der Waals surface area contributed by atoms with Crippen LogP contribution < -0.4 is 4.74 Å². The van der Waals surface area contributed by atoms with Crippen molar-refractivity contribution in [3.63, 3.8) is 0 Å². The lowest BCUT2D eigenvalue weighted by Crippen LogP contribution is -2.04. The maximum atomic E-state index is 6.03. The van der Waals surface area contributed by atoms with Gasteiger partial charge < -0.3 is 4.74 Å². The van der Waals surface area contributed by atoms with Crippen molar-refractivity contribution < 1.29 is 4.74 Å². The van der Waals surface area contributed by atoms with Gasteiger partial charge >= 0.3 is 0 Å². The fourth-order valence-electron chi connectivity index (χ4n) is 2.99. The first-order valence-corrected chi connectivity index (χ1v) is 12.6. The number of hydrogen-bond donors (Lipinski definition) is 0. The maximum absolute atomic E-state index is 6.03. The van der Waals surface area contributed by atoms with Gasteiger partial charge in [-0.25, -0.2) is 0 Å². The molecule has 0 atom stereocenters. The van der Waals surface area contributed by atoms with Crippen LogP contribution in [0.3, 0.4) is 0 Å². The number of rotatable bonds is 6. The Bertz CT molecular complexity index is 1030. The topological polar surface area (TPSA) is 9.23 Å². The first kappa shape index (κ1) is 20.8. The van der Waals surface area contributed by atoms with Gasteiger partial charge in [0.2, 0.25) is 0 Å². The zero-order valence-electron chi connectivity index (χ0n) is 15.6. The van der Waals surface area contributed by atoms with Crippen LogP contribution >= 0.6 is 45.2 Å². The Morgan fingerprint density at radius 3 is 1.69 bits per heavy atom. The lowest BCUT2D eigenvalue weighted by molar-refractivity contribution is 0.306. The van der Waals surface area contributed by atoms with E-state index in [0.717, 1.165) is 5.75 Å². The molecule has 0 saturated carbocycles. The number of ether oxygens (including phenoxy) is 1. The zero-order valence-corrected chi connectivity index (χ0v) is 20.7. The summed E-state index contributed by atoms with van der Waals surface area (Å²) in [5.74, 6) is 0.895. The van der Waals surface area contributed by atoms with Crippen LogP contribution in [0.25, 0.3) is 0 Å². The molecule has 0 fully saturated rings. The third-order valence-corrected chi connectivity index (χ3v) is 9.50. The van der Waals surface area contributed by atoms with Crippen molar-refractivity contribution in [1.82, 2.24) is 0 Å². The summed E-state index contributed by atoms with van der Waals surface area (Å²) >= 11 is 4.72. The molecule has 4 rings (SSSR count). The van der Waals surface area contributed by atoms with Crippen LogP contribution in [0.2, 0.25) is 0 Å². The molecule has 1 nitrogen and oxygen atoms in total. The highest BCUT2D eigenvalue weighted by molar-refractivity contribution is 14.1. The highest BCUT2D eigenvalue weighted by Crippen LogP contribution is 2.32. The van der Waals surface area contributed by atoms with Crippen molar-refractivity contribution in [3.05, 3.63) is 116 Å². The SMILES string of the molecule is Ic1ccc(COc2ccc([S+](c3ccccc3)c3ccccc3)cc2)cc1I. The van der Waals surface area contributed by atoms with Gasteiger partial charge in [-0.1, -0.05) is 42.5 Å². The van der Waals surface area contributed by atoms with Gasteiger partial charge in [-0.05, 0) is 111 Å². The molecule has 0 saturated heterocycles. The third kappa shape index (κ3) is 5.35. The van der Waals surface area contributed by atoms with Crippen LogP contribution in [0.1, 0.15) is 5.56 Å². The lowest BCUT2D eigenvalue weighted by Gasteiger charge is -2.10. The minimum Gasteiger partial charge on any atom is -0.489 e. The van der Waals surface area contributed by atoms with E-state index in [4.69, 9.17) is 4.74 Å². The normalized spacial score (nSPS) is 10.9. The summed E-state index contributed by atoms with van der Waals surface area (Å²) in [5, 5.41) is 0. The molecule has 4 heteroatoms. The second-order valence-electron chi connectivity index (χ2n) is 6.44. The van der Waals surface area contributed by atoms with Crippen molar-refractivity contribution in [2.75, 3.05) is 0 Å². The Labute approximate surface area is 202 Å². The van der Waals surface area contributed by atoms with Crippen LogP contribution in [0.4, 0.5) is 0 Å². The Balaban J connectivity index is 1.55. The average Bonchev–Trinajstić information content (AvgIpc) is 2.77. The molecular weight excluding hydrogens is 602 g/mol. The van der Waals surface area contributed by atoms with Gasteiger partial charge in [0, 0.05) is 7.14 Å². The molecule has 0 aliphatic carbocycles. The fourth-order valence-corrected chi connectivity index (χ4v) is 5.99. The molecule has 0 N–H and O–H groups in total. The Morgan fingerprint density at radius 1 is 0.586 bits per heavy atom. The van der Waals surface area contributed by atoms with Crippen molar-refractivity contribution in [3.8, 4) is 5.75 Å². The van der Waals surface area contributed by atoms with Crippen LogP contribution in [0.5, 0.6) is 5.75 Å². The highest BCUT2D eigenvalue weighted by Gasteiger charge is 2.28. The summed E-state index contributed by atoms with van der Waals surface area (Å²) in [5.41, 5.74) is 1.19. The van der Waals surface area contributed by atoms with E-state index in [-0.39, 0.29) is 10.9 Å². The van der Waals surface area contributed by atoms with Crippen molar-refractivity contribution >= 4 is 56.1 Å². The largest absolute Gasteiger partial charge is 0.489 e. The highest BCUT2D eigenvalue weighted by atomic mass is 127. The average molecular weight is 621 g/mol. The van der Waals surface area contributed by atoms with Gasteiger partial charge in [0.05, 0.1) is 10.9 Å².